The van der Waals surface area contributed by atoms with Gasteiger partial charge in [0.2, 0.25) is 11.9 Å². The third-order valence-electron chi connectivity index (χ3n) is 4.51. The van der Waals surface area contributed by atoms with Crippen LogP contribution >= 0.6 is 11.5 Å². The zero-order valence-corrected chi connectivity index (χ0v) is 15.8. The van der Waals surface area contributed by atoms with Crippen molar-refractivity contribution in [1.29, 1.82) is 0 Å². The van der Waals surface area contributed by atoms with Crippen LogP contribution in [0.3, 0.4) is 0 Å². The topological polar surface area (TPSA) is 67.8 Å². The van der Waals surface area contributed by atoms with Crippen LogP contribution in [0, 0.1) is 5.92 Å². The highest BCUT2D eigenvalue weighted by molar-refractivity contribution is 7.09. The first-order valence-corrected chi connectivity index (χ1v) is 9.64. The van der Waals surface area contributed by atoms with Crippen molar-refractivity contribution in [2.24, 2.45) is 5.92 Å². The van der Waals surface area contributed by atoms with Crippen LogP contribution in [0.5, 0.6) is 11.5 Å². The van der Waals surface area contributed by atoms with Gasteiger partial charge in [-0.05, 0) is 24.1 Å². The van der Waals surface area contributed by atoms with Gasteiger partial charge in [0.1, 0.15) is 5.82 Å². The molecular formula is C18H22N4O3S. The number of carbonyl (C=O) groups is 1. The minimum absolute atomic E-state index is 0.0284. The summed E-state index contributed by atoms with van der Waals surface area (Å²) in [6, 6.07) is 5.36. The summed E-state index contributed by atoms with van der Waals surface area (Å²) < 4.78 is 15.1. The molecule has 1 aromatic carbocycles. The average Bonchev–Trinajstić information content (AvgIpc) is 3.29. The summed E-state index contributed by atoms with van der Waals surface area (Å²) >= 11 is 1.45. The molecule has 0 N–H and O–H groups in total. The molecule has 3 heterocycles. The molecular weight excluding hydrogens is 352 g/mol. The maximum absolute atomic E-state index is 12.8. The third kappa shape index (κ3) is 3.46. The third-order valence-corrected chi connectivity index (χ3v) is 5.32. The SMILES string of the molecule is CC(C)Cc1nsc(N2CCN(C(=O)c3ccc4c(c3)OCO4)CC2)n1. The molecule has 2 aliphatic rings. The number of piperazine rings is 1. The van der Waals surface area contributed by atoms with Gasteiger partial charge in [-0.3, -0.25) is 4.79 Å². The van der Waals surface area contributed by atoms with Crippen molar-refractivity contribution >= 4 is 22.6 Å². The van der Waals surface area contributed by atoms with Crippen molar-refractivity contribution < 1.29 is 14.3 Å². The first kappa shape index (κ1) is 17.1. The van der Waals surface area contributed by atoms with Gasteiger partial charge in [0.05, 0.1) is 0 Å². The van der Waals surface area contributed by atoms with E-state index in [2.05, 4.69) is 28.1 Å². The molecule has 1 amide bonds. The Morgan fingerprint density at radius 2 is 1.96 bits per heavy atom. The Balaban J connectivity index is 1.37. The molecule has 8 heteroatoms. The standard InChI is InChI=1S/C18H22N4O3S/c1-12(2)9-16-19-18(26-20-16)22-7-5-21(6-8-22)17(23)13-3-4-14-15(10-13)25-11-24-14/h3-4,10,12H,5-9,11H2,1-2H3. The molecule has 0 aliphatic carbocycles. The minimum Gasteiger partial charge on any atom is -0.454 e. The Morgan fingerprint density at radius 1 is 1.19 bits per heavy atom. The predicted molar refractivity (Wildman–Crippen MR) is 99.1 cm³/mol. The lowest BCUT2D eigenvalue weighted by Gasteiger charge is -2.34. The van der Waals surface area contributed by atoms with Crippen LogP contribution in [0.15, 0.2) is 18.2 Å². The second-order valence-corrected chi connectivity index (χ2v) is 7.67. The van der Waals surface area contributed by atoms with E-state index in [0.717, 1.165) is 30.5 Å². The minimum atomic E-state index is 0.0284. The molecule has 4 rings (SSSR count). The Kier molecular flexibility index (Phi) is 4.67. The average molecular weight is 374 g/mol. The molecule has 7 nitrogen and oxygen atoms in total. The molecule has 0 radical (unpaired) electrons. The summed E-state index contributed by atoms with van der Waals surface area (Å²) in [4.78, 5) is 21.5. The van der Waals surface area contributed by atoms with E-state index >= 15 is 0 Å². The van der Waals surface area contributed by atoms with Crippen LogP contribution in [-0.4, -0.2) is 53.1 Å². The number of anilines is 1. The van der Waals surface area contributed by atoms with Crippen LogP contribution < -0.4 is 14.4 Å². The van der Waals surface area contributed by atoms with Crippen LogP contribution in [0.2, 0.25) is 0 Å². The van der Waals surface area contributed by atoms with Crippen molar-refractivity contribution in [3.63, 3.8) is 0 Å². The molecule has 0 bridgehead atoms. The maximum Gasteiger partial charge on any atom is 0.254 e. The van der Waals surface area contributed by atoms with E-state index in [0.29, 0.717) is 36.1 Å². The summed E-state index contributed by atoms with van der Waals surface area (Å²) in [5.41, 5.74) is 0.637. The number of amides is 1. The number of nitrogens with zero attached hydrogens (tertiary/aromatic N) is 4. The molecule has 2 aliphatic heterocycles. The van der Waals surface area contributed by atoms with Crippen molar-refractivity contribution in [2.45, 2.75) is 20.3 Å². The van der Waals surface area contributed by atoms with Gasteiger partial charge in [-0.25, -0.2) is 4.98 Å². The predicted octanol–water partition coefficient (Wildman–Crippen LogP) is 2.43. The largest absolute Gasteiger partial charge is 0.454 e. The smallest absolute Gasteiger partial charge is 0.254 e. The van der Waals surface area contributed by atoms with Gasteiger partial charge >= 0.3 is 0 Å². The number of benzene rings is 1. The summed E-state index contributed by atoms with van der Waals surface area (Å²) in [6.45, 7) is 7.44. The second kappa shape index (κ2) is 7.11. The second-order valence-electron chi connectivity index (χ2n) is 6.94. The number of hydrogen-bond acceptors (Lipinski definition) is 7. The van der Waals surface area contributed by atoms with Crippen LogP contribution in [0.4, 0.5) is 5.13 Å². The molecule has 1 fully saturated rings. The Bertz CT molecular complexity index is 799. The Labute approximate surface area is 156 Å². The zero-order valence-electron chi connectivity index (χ0n) is 15.0. The first-order valence-electron chi connectivity index (χ1n) is 8.86. The Hall–Kier alpha value is -2.35. The van der Waals surface area contributed by atoms with Gasteiger partial charge in [-0.1, -0.05) is 13.8 Å². The van der Waals surface area contributed by atoms with Crippen LogP contribution in [0.1, 0.15) is 30.0 Å². The molecule has 26 heavy (non-hydrogen) atoms. The molecule has 2 aromatic rings. The van der Waals surface area contributed by atoms with Gasteiger partial charge in [0.25, 0.3) is 5.91 Å². The van der Waals surface area contributed by atoms with Gasteiger partial charge in [-0.2, -0.15) is 4.37 Å². The first-order chi connectivity index (χ1) is 12.6. The molecule has 0 spiro atoms. The highest BCUT2D eigenvalue weighted by atomic mass is 32.1. The lowest BCUT2D eigenvalue weighted by atomic mass is 10.1. The number of ether oxygens (including phenoxy) is 2. The number of fused-ring (bicyclic) bond motifs is 1. The highest BCUT2D eigenvalue weighted by Gasteiger charge is 2.25. The number of hydrogen-bond donors (Lipinski definition) is 0. The van der Waals surface area contributed by atoms with E-state index in [1.807, 2.05) is 4.90 Å². The monoisotopic (exact) mass is 374 g/mol. The van der Waals surface area contributed by atoms with Gasteiger partial charge in [0.15, 0.2) is 11.5 Å². The van der Waals surface area contributed by atoms with E-state index in [1.54, 1.807) is 18.2 Å². The molecule has 138 valence electrons. The molecule has 1 aromatic heterocycles. The summed E-state index contributed by atoms with van der Waals surface area (Å²) in [5, 5.41) is 0.954. The number of aromatic nitrogens is 2. The summed E-state index contributed by atoms with van der Waals surface area (Å²) in [5.74, 6) is 2.83. The number of rotatable bonds is 4. The fraction of sp³-hybridized carbons (Fsp3) is 0.500. The van der Waals surface area contributed by atoms with Crippen molar-refractivity contribution in [2.75, 3.05) is 37.9 Å². The van der Waals surface area contributed by atoms with Gasteiger partial charge in [-0.15, -0.1) is 0 Å². The van der Waals surface area contributed by atoms with Crippen molar-refractivity contribution in [3.05, 3.63) is 29.6 Å². The normalized spacial score (nSPS) is 16.4. The van der Waals surface area contributed by atoms with Crippen molar-refractivity contribution in [1.82, 2.24) is 14.3 Å². The van der Waals surface area contributed by atoms with Crippen LogP contribution in [-0.2, 0) is 6.42 Å². The Morgan fingerprint density at radius 3 is 2.73 bits per heavy atom. The van der Waals surface area contributed by atoms with E-state index in [1.165, 1.54) is 11.5 Å². The van der Waals surface area contributed by atoms with E-state index < -0.39 is 0 Å². The highest BCUT2D eigenvalue weighted by Crippen LogP contribution is 2.33. The molecule has 0 unspecified atom stereocenters. The fourth-order valence-corrected chi connectivity index (χ4v) is 3.88. The van der Waals surface area contributed by atoms with Gasteiger partial charge < -0.3 is 19.3 Å². The lowest BCUT2D eigenvalue weighted by molar-refractivity contribution is 0.0746. The fourth-order valence-electron chi connectivity index (χ4n) is 3.13. The summed E-state index contributed by atoms with van der Waals surface area (Å²) in [6.07, 6.45) is 0.902. The quantitative estimate of drug-likeness (QED) is 0.819. The summed E-state index contributed by atoms with van der Waals surface area (Å²) in [7, 11) is 0. The molecule has 0 saturated carbocycles. The lowest BCUT2D eigenvalue weighted by Crippen LogP contribution is -2.48. The number of carbonyl (C=O) groups excluding carboxylic acids is 1. The van der Waals surface area contributed by atoms with Crippen LogP contribution in [0.25, 0.3) is 0 Å². The van der Waals surface area contributed by atoms with Gasteiger partial charge in [0, 0.05) is 49.7 Å². The zero-order chi connectivity index (χ0) is 18.1. The molecule has 0 atom stereocenters. The van der Waals surface area contributed by atoms with E-state index in [4.69, 9.17) is 9.47 Å². The van der Waals surface area contributed by atoms with Crippen molar-refractivity contribution in [3.8, 4) is 11.5 Å². The van der Waals surface area contributed by atoms with E-state index in [-0.39, 0.29) is 12.7 Å². The van der Waals surface area contributed by atoms with E-state index in [9.17, 15) is 4.79 Å². The maximum atomic E-state index is 12.8. The molecule has 1 saturated heterocycles.